The zero-order valence-corrected chi connectivity index (χ0v) is 32.0. The van der Waals surface area contributed by atoms with Gasteiger partial charge in [0, 0.05) is 32.8 Å². The quantitative estimate of drug-likeness (QED) is 0.169. The van der Waals surface area contributed by atoms with Gasteiger partial charge in [-0.1, -0.05) is 152 Å². The van der Waals surface area contributed by atoms with Crippen LogP contribution in [0.1, 0.15) is 0 Å². The van der Waals surface area contributed by atoms with E-state index in [1.807, 2.05) is 12.1 Å². The van der Waals surface area contributed by atoms with Gasteiger partial charge in [-0.15, -0.1) is 0 Å². The second-order valence-corrected chi connectivity index (χ2v) is 15.3. The van der Waals surface area contributed by atoms with Gasteiger partial charge in [0.25, 0.3) is 0 Å². The minimum Gasteiger partial charge on any atom is -0.456 e. The fraction of sp³-hybridized carbons (Fsp3) is 0. The fourth-order valence-corrected chi connectivity index (χ4v) is 8.96. The van der Waals surface area contributed by atoms with Crippen LogP contribution >= 0.6 is 0 Å². The molecule has 59 heavy (non-hydrogen) atoms. The second-order valence-electron chi connectivity index (χ2n) is 15.3. The van der Waals surface area contributed by atoms with Crippen molar-refractivity contribution in [3.63, 3.8) is 0 Å². The summed E-state index contributed by atoms with van der Waals surface area (Å²) >= 11 is 0. The molecular formula is C56H35NO2. The Morgan fingerprint density at radius 3 is 1.83 bits per heavy atom. The third-order valence-corrected chi connectivity index (χ3v) is 11.8. The normalized spacial score (nSPS) is 11.7. The monoisotopic (exact) mass is 753 g/mol. The average molecular weight is 754 g/mol. The Morgan fingerprint density at radius 1 is 0.305 bits per heavy atom. The zero-order chi connectivity index (χ0) is 38.9. The van der Waals surface area contributed by atoms with Crippen LogP contribution in [0, 0.1) is 0 Å². The van der Waals surface area contributed by atoms with Crippen LogP contribution in [0.4, 0.5) is 17.1 Å². The van der Waals surface area contributed by atoms with Crippen LogP contribution in [0.2, 0.25) is 0 Å². The van der Waals surface area contributed by atoms with E-state index in [0.29, 0.717) is 0 Å². The molecule has 0 aliphatic carbocycles. The molecule has 0 unspecified atom stereocenters. The van der Waals surface area contributed by atoms with Crippen molar-refractivity contribution in [2.24, 2.45) is 0 Å². The van der Waals surface area contributed by atoms with E-state index in [9.17, 15) is 0 Å². The van der Waals surface area contributed by atoms with Gasteiger partial charge in [0.1, 0.15) is 22.3 Å². The first-order valence-electron chi connectivity index (χ1n) is 20.1. The van der Waals surface area contributed by atoms with Gasteiger partial charge < -0.3 is 13.7 Å². The van der Waals surface area contributed by atoms with Crippen LogP contribution in [0.5, 0.6) is 0 Å². The summed E-state index contributed by atoms with van der Waals surface area (Å²) in [4.78, 5) is 2.43. The molecule has 0 N–H and O–H groups in total. The first-order chi connectivity index (χ1) is 29.2. The molecule has 3 nitrogen and oxygen atoms in total. The van der Waals surface area contributed by atoms with E-state index < -0.39 is 0 Å². The molecule has 0 saturated carbocycles. The minimum atomic E-state index is 0.850. The highest BCUT2D eigenvalue weighted by Gasteiger charge is 2.24. The maximum absolute atomic E-state index is 6.78. The van der Waals surface area contributed by atoms with E-state index >= 15 is 0 Å². The maximum Gasteiger partial charge on any atom is 0.143 e. The summed E-state index contributed by atoms with van der Waals surface area (Å²) < 4.78 is 12.9. The lowest BCUT2D eigenvalue weighted by Crippen LogP contribution is -2.12. The highest BCUT2D eigenvalue weighted by Crippen LogP contribution is 2.48. The lowest BCUT2D eigenvalue weighted by Gasteiger charge is -2.29. The van der Waals surface area contributed by atoms with E-state index in [0.717, 1.165) is 99.5 Å². The molecule has 2 heterocycles. The van der Waals surface area contributed by atoms with Gasteiger partial charge in [0.05, 0.1) is 16.8 Å². The van der Waals surface area contributed by atoms with Crippen molar-refractivity contribution in [2.45, 2.75) is 0 Å². The van der Waals surface area contributed by atoms with Gasteiger partial charge in [-0.3, -0.25) is 0 Å². The Labute approximate surface area is 340 Å². The Morgan fingerprint density at radius 2 is 0.949 bits per heavy atom. The van der Waals surface area contributed by atoms with Gasteiger partial charge in [0.2, 0.25) is 0 Å². The van der Waals surface area contributed by atoms with Crippen LogP contribution < -0.4 is 4.90 Å². The molecule has 12 aromatic rings. The molecule has 3 heteroatoms. The fourth-order valence-electron chi connectivity index (χ4n) is 8.96. The van der Waals surface area contributed by atoms with Gasteiger partial charge >= 0.3 is 0 Å². The third-order valence-electron chi connectivity index (χ3n) is 11.8. The number of rotatable bonds is 6. The van der Waals surface area contributed by atoms with Gasteiger partial charge in [-0.05, 0) is 105 Å². The third kappa shape index (κ3) is 5.51. The predicted octanol–water partition coefficient (Wildman–Crippen LogP) is 16.3. The van der Waals surface area contributed by atoms with Crippen LogP contribution in [-0.2, 0) is 0 Å². The molecule has 0 atom stereocenters. The summed E-state index contributed by atoms with van der Waals surface area (Å²) in [5, 5.41) is 9.11. The molecule has 0 saturated heterocycles. The summed E-state index contributed by atoms with van der Waals surface area (Å²) in [5.41, 5.74) is 13.6. The molecule has 0 radical (unpaired) electrons. The molecule has 0 aliphatic rings. The van der Waals surface area contributed by atoms with E-state index in [1.165, 1.54) is 16.3 Å². The molecule has 0 fully saturated rings. The van der Waals surface area contributed by atoms with E-state index in [4.69, 9.17) is 8.83 Å². The topological polar surface area (TPSA) is 29.5 Å². The van der Waals surface area contributed by atoms with E-state index in [-0.39, 0.29) is 0 Å². The highest BCUT2D eigenvalue weighted by molar-refractivity contribution is 6.20. The summed E-state index contributed by atoms with van der Waals surface area (Å²) in [6.45, 7) is 0. The van der Waals surface area contributed by atoms with Gasteiger partial charge in [-0.2, -0.15) is 0 Å². The maximum atomic E-state index is 6.78. The lowest BCUT2D eigenvalue weighted by molar-refractivity contribution is 0.669. The summed E-state index contributed by atoms with van der Waals surface area (Å²) in [7, 11) is 0. The zero-order valence-electron chi connectivity index (χ0n) is 32.0. The smallest absolute Gasteiger partial charge is 0.143 e. The van der Waals surface area contributed by atoms with Crippen LogP contribution in [-0.4, -0.2) is 0 Å². The van der Waals surface area contributed by atoms with Crippen molar-refractivity contribution in [3.8, 4) is 33.4 Å². The first-order valence-corrected chi connectivity index (χ1v) is 20.1. The molecule has 0 aliphatic heterocycles. The lowest BCUT2D eigenvalue weighted by atomic mass is 9.95. The van der Waals surface area contributed by atoms with Crippen LogP contribution in [0.25, 0.3) is 98.8 Å². The number of furan rings is 2. The van der Waals surface area contributed by atoms with Crippen molar-refractivity contribution in [1.82, 2.24) is 0 Å². The number of benzene rings is 10. The molecular weight excluding hydrogens is 719 g/mol. The van der Waals surface area contributed by atoms with Crippen molar-refractivity contribution >= 4 is 82.5 Å². The van der Waals surface area contributed by atoms with Crippen LogP contribution in [0.15, 0.2) is 221 Å². The van der Waals surface area contributed by atoms with Gasteiger partial charge in [-0.25, -0.2) is 0 Å². The number of hydrogen-bond acceptors (Lipinski definition) is 3. The van der Waals surface area contributed by atoms with Crippen molar-refractivity contribution in [1.29, 1.82) is 0 Å². The molecule has 2 aromatic heterocycles. The van der Waals surface area contributed by atoms with Crippen LogP contribution in [0.3, 0.4) is 0 Å². The number of hydrogen-bond donors (Lipinski definition) is 0. The Kier molecular flexibility index (Phi) is 7.54. The first kappa shape index (κ1) is 33.3. The number of nitrogens with zero attached hydrogens (tertiary/aromatic N) is 1. The summed E-state index contributed by atoms with van der Waals surface area (Å²) in [6, 6.07) is 76.0. The SMILES string of the molecule is c1ccc(-c2ccc(-c3ccc4ccccc4c3)cc2N(c2ccc(-c3ccc4oc5ccccc5c4c3)cc2)c2cccc3oc4c5ccccc5ccc4c23)cc1. The molecule has 10 aromatic carbocycles. The largest absolute Gasteiger partial charge is 0.456 e. The standard InChI is InChI=1S/C56H35NO2/c1-2-12-38(13-3-1)45-30-26-43(41-22-21-36-11-4-5-15-40(36)33-41)35-51(45)57(50-18-10-20-54-55(50)48-31-25-39-14-6-7-16-46(39)56(48)59-54)44-28-23-37(24-29-44)42-27-32-53-49(34-42)47-17-8-9-19-52(47)58-53/h1-35H. The average Bonchev–Trinajstić information content (AvgIpc) is 3.88. The molecule has 0 amide bonds. The Bertz CT molecular complexity index is 3560. The highest BCUT2D eigenvalue weighted by atomic mass is 16.3. The number of para-hydroxylation sites is 1. The molecule has 0 spiro atoms. The number of fused-ring (bicyclic) bond motifs is 9. The molecule has 276 valence electrons. The van der Waals surface area contributed by atoms with Crippen molar-refractivity contribution < 1.29 is 8.83 Å². The van der Waals surface area contributed by atoms with Crippen molar-refractivity contribution in [2.75, 3.05) is 4.90 Å². The van der Waals surface area contributed by atoms with E-state index in [2.05, 4.69) is 205 Å². The second kappa shape index (κ2) is 13.4. The molecule has 12 rings (SSSR count). The van der Waals surface area contributed by atoms with E-state index in [1.54, 1.807) is 0 Å². The Balaban J connectivity index is 1.10. The number of anilines is 3. The summed E-state index contributed by atoms with van der Waals surface area (Å²) in [5.74, 6) is 0. The summed E-state index contributed by atoms with van der Waals surface area (Å²) in [6.07, 6.45) is 0. The van der Waals surface area contributed by atoms with Gasteiger partial charge in [0.15, 0.2) is 0 Å². The Hall–Kier alpha value is -7.88. The predicted molar refractivity (Wildman–Crippen MR) is 247 cm³/mol. The van der Waals surface area contributed by atoms with Crippen molar-refractivity contribution in [3.05, 3.63) is 212 Å². The molecule has 0 bridgehead atoms. The minimum absolute atomic E-state index is 0.850.